The molecule has 1 heterocycles. The van der Waals surface area contributed by atoms with Crippen LogP contribution in [-0.4, -0.2) is 10.9 Å². The highest BCUT2D eigenvalue weighted by atomic mass is 127. The molecule has 0 radical (unpaired) electrons. The lowest BCUT2D eigenvalue weighted by Gasteiger charge is -2.06. The molecule has 106 valence electrons. The highest BCUT2D eigenvalue weighted by Gasteiger charge is 1.96. The third-order valence-electron chi connectivity index (χ3n) is 2.65. The normalized spacial score (nSPS) is 10.8. The molecule has 0 aliphatic rings. The standard InChI is InChI=1S/C15H18N4.HI/c1-11-4-3-5-14(7-11)19-15(16)18-10-13-6-12(2)8-17-9-13;/h3-9H,10H2,1-2H3,(H3,16,18,19);1H. The Labute approximate surface area is 136 Å². The Morgan fingerprint density at radius 3 is 2.70 bits per heavy atom. The quantitative estimate of drug-likeness (QED) is 0.487. The van der Waals surface area contributed by atoms with Crippen molar-refractivity contribution in [3.05, 3.63) is 59.4 Å². The maximum atomic E-state index is 5.86. The van der Waals surface area contributed by atoms with E-state index in [-0.39, 0.29) is 24.0 Å². The van der Waals surface area contributed by atoms with Crippen molar-refractivity contribution >= 4 is 35.6 Å². The van der Waals surface area contributed by atoms with Gasteiger partial charge in [0.2, 0.25) is 0 Å². The van der Waals surface area contributed by atoms with E-state index in [1.165, 1.54) is 5.56 Å². The number of rotatable bonds is 3. The van der Waals surface area contributed by atoms with Crippen LogP contribution < -0.4 is 11.1 Å². The fourth-order valence-corrected chi connectivity index (χ4v) is 1.79. The lowest BCUT2D eigenvalue weighted by Crippen LogP contribution is -2.22. The average molecular weight is 382 g/mol. The number of hydrogen-bond donors (Lipinski definition) is 2. The number of pyridine rings is 1. The van der Waals surface area contributed by atoms with Crippen LogP contribution in [0.3, 0.4) is 0 Å². The molecule has 4 nitrogen and oxygen atoms in total. The third kappa shape index (κ3) is 5.16. The number of halogens is 1. The van der Waals surface area contributed by atoms with Crippen molar-refractivity contribution in [1.82, 2.24) is 4.98 Å². The number of nitrogens with zero attached hydrogens (tertiary/aromatic N) is 2. The van der Waals surface area contributed by atoms with Gasteiger partial charge in [0.1, 0.15) is 0 Å². The molecule has 0 saturated carbocycles. The minimum absolute atomic E-state index is 0. The lowest BCUT2D eigenvalue weighted by molar-refractivity contribution is 1.03. The Morgan fingerprint density at radius 2 is 2.00 bits per heavy atom. The Hall–Kier alpha value is -1.63. The molecular formula is C15H19IN4. The molecule has 2 aromatic rings. The van der Waals surface area contributed by atoms with Crippen molar-refractivity contribution in [2.75, 3.05) is 5.32 Å². The summed E-state index contributed by atoms with van der Waals surface area (Å²) in [6.45, 7) is 4.57. The summed E-state index contributed by atoms with van der Waals surface area (Å²) in [5.41, 5.74) is 10.2. The van der Waals surface area contributed by atoms with Crippen LogP contribution in [0.5, 0.6) is 0 Å². The van der Waals surface area contributed by atoms with E-state index in [4.69, 9.17) is 5.73 Å². The number of aryl methyl sites for hydroxylation is 2. The fraction of sp³-hybridized carbons (Fsp3) is 0.200. The molecule has 1 aromatic heterocycles. The van der Waals surface area contributed by atoms with Gasteiger partial charge in [-0.05, 0) is 42.7 Å². The number of nitrogens with one attached hydrogen (secondary N) is 1. The van der Waals surface area contributed by atoms with Gasteiger partial charge in [-0.1, -0.05) is 18.2 Å². The van der Waals surface area contributed by atoms with Gasteiger partial charge in [-0.3, -0.25) is 4.98 Å². The van der Waals surface area contributed by atoms with Crippen LogP contribution in [0.2, 0.25) is 0 Å². The second kappa shape index (κ2) is 7.84. The summed E-state index contributed by atoms with van der Waals surface area (Å²) in [4.78, 5) is 8.43. The van der Waals surface area contributed by atoms with Gasteiger partial charge in [-0.15, -0.1) is 24.0 Å². The first-order valence-corrected chi connectivity index (χ1v) is 6.17. The number of nitrogens with two attached hydrogens (primary N) is 1. The molecule has 0 saturated heterocycles. The largest absolute Gasteiger partial charge is 0.370 e. The van der Waals surface area contributed by atoms with Crippen molar-refractivity contribution in [2.45, 2.75) is 20.4 Å². The molecule has 1 aromatic carbocycles. The number of aliphatic imine (C=N–C) groups is 1. The molecule has 0 aliphatic carbocycles. The summed E-state index contributed by atoms with van der Waals surface area (Å²) in [6, 6.07) is 10.1. The molecule has 20 heavy (non-hydrogen) atoms. The first kappa shape index (κ1) is 16.4. The van der Waals surface area contributed by atoms with Crippen LogP contribution in [0, 0.1) is 13.8 Å². The van der Waals surface area contributed by atoms with Gasteiger partial charge in [0.15, 0.2) is 5.96 Å². The van der Waals surface area contributed by atoms with E-state index < -0.39 is 0 Å². The van der Waals surface area contributed by atoms with Gasteiger partial charge in [0.25, 0.3) is 0 Å². The van der Waals surface area contributed by atoms with Crippen LogP contribution >= 0.6 is 24.0 Å². The van der Waals surface area contributed by atoms with Crippen molar-refractivity contribution in [3.63, 3.8) is 0 Å². The highest BCUT2D eigenvalue weighted by molar-refractivity contribution is 14.0. The number of anilines is 1. The summed E-state index contributed by atoms with van der Waals surface area (Å²) >= 11 is 0. The van der Waals surface area contributed by atoms with Crippen LogP contribution in [0.1, 0.15) is 16.7 Å². The Kier molecular flexibility index (Phi) is 6.44. The highest BCUT2D eigenvalue weighted by Crippen LogP contribution is 2.09. The molecule has 0 amide bonds. The molecular weight excluding hydrogens is 363 g/mol. The Bertz CT molecular complexity index is 596. The van der Waals surface area contributed by atoms with Gasteiger partial charge in [-0.2, -0.15) is 0 Å². The Morgan fingerprint density at radius 1 is 1.20 bits per heavy atom. The average Bonchev–Trinajstić information content (AvgIpc) is 2.36. The maximum absolute atomic E-state index is 5.86. The molecule has 3 N–H and O–H groups in total. The molecule has 5 heteroatoms. The van der Waals surface area contributed by atoms with Gasteiger partial charge in [0.05, 0.1) is 6.54 Å². The van der Waals surface area contributed by atoms with Gasteiger partial charge in [-0.25, -0.2) is 4.99 Å². The molecule has 0 fully saturated rings. The molecule has 0 aliphatic heterocycles. The fourth-order valence-electron chi connectivity index (χ4n) is 1.79. The van der Waals surface area contributed by atoms with E-state index in [1.807, 2.05) is 44.3 Å². The molecule has 0 atom stereocenters. The van der Waals surface area contributed by atoms with E-state index >= 15 is 0 Å². The zero-order valence-electron chi connectivity index (χ0n) is 11.6. The SMILES string of the molecule is Cc1cncc(CN=C(N)Nc2cccc(C)c2)c1.I. The summed E-state index contributed by atoms with van der Waals surface area (Å²) in [5.74, 6) is 0.409. The van der Waals surface area contributed by atoms with Crippen molar-refractivity contribution in [3.8, 4) is 0 Å². The summed E-state index contributed by atoms with van der Waals surface area (Å²) in [6.07, 6.45) is 3.62. The summed E-state index contributed by atoms with van der Waals surface area (Å²) < 4.78 is 0. The number of benzene rings is 1. The van der Waals surface area contributed by atoms with Crippen LogP contribution in [0.4, 0.5) is 5.69 Å². The smallest absolute Gasteiger partial charge is 0.193 e. The monoisotopic (exact) mass is 382 g/mol. The summed E-state index contributed by atoms with van der Waals surface area (Å²) in [7, 11) is 0. The predicted octanol–water partition coefficient (Wildman–Crippen LogP) is 3.24. The topological polar surface area (TPSA) is 63.3 Å². The second-order valence-electron chi connectivity index (χ2n) is 4.57. The van der Waals surface area contributed by atoms with Crippen LogP contribution in [0.15, 0.2) is 47.7 Å². The first-order chi connectivity index (χ1) is 9.13. The number of guanidine groups is 1. The van der Waals surface area contributed by atoms with E-state index in [0.29, 0.717) is 12.5 Å². The van der Waals surface area contributed by atoms with Crippen molar-refractivity contribution in [2.24, 2.45) is 10.7 Å². The van der Waals surface area contributed by atoms with E-state index in [2.05, 4.69) is 21.4 Å². The van der Waals surface area contributed by atoms with E-state index in [9.17, 15) is 0 Å². The number of aromatic nitrogens is 1. The zero-order valence-corrected chi connectivity index (χ0v) is 14.0. The molecule has 0 spiro atoms. The van der Waals surface area contributed by atoms with Crippen LogP contribution in [0.25, 0.3) is 0 Å². The lowest BCUT2D eigenvalue weighted by atomic mass is 10.2. The molecule has 2 rings (SSSR count). The minimum Gasteiger partial charge on any atom is -0.370 e. The van der Waals surface area contributed by atoms with Crippen molar-refractivity contribution < 1.29 is 0 Å². The second-order valence-corrected chi connectivity index (χ2v) is 4.57. The summed E-state index contributed by atoms with van der Waals surface area (Å²) in [5, 5.41) is 3.07. The first-order valence-electron chi connectivity index (χ1n) is 6.17. The van der Waals surface area contributed by atoms with Crippen molar-refractivity contribution in [1.29, 1.82) is 0 Å². The Balaban J connectivity index is 0.00000200. The van der Waals surface area contributed by atoms with E-state index in [0.717, 1.165) is 16.8 Å². The number of hydrogen-bond acceptors (Lipinski definition) is 2. The molecule has 0 unspecified atom stereocenters. The third-order valence-corrected chi connectivity index (χ3v) is 2.65. The van der Waals surface area contributed by atoms with Gasteiger partial charge >= 0.3 is 0 Å². The minimum atomic E-state index is 0. The van der Waals surface area contributed by atoms with Crippen LogP contribution in [-0.2, 0) is 6.54 Å². The zero-order chi connectivity index (χ0) is 13.7. The van der Waals surface area contributed by atoms with Gasteiger partial charge < -0.3 is 11.1 Å². The maximum Gasteiger partial charge on any atom is 0.193 e. The predicted molar refractivity (Wildman–Crippen MR) is 94.5 cm³/mol. The molecule has 0 bridgehead atoms. The van der Waals surface area contributed by atoms with Gasteiger partial charge in [0, 0.05) is 18.1 Å². The van der Waals surface area contributed by atoms with E-state index in [1.54, 1.807) is 6.20 Å².